The maximum Gasteiger partial charge on any atom is 0.165 e. The molecule has 1 saturated carbocycles. The number of hydrogen-bond acceptors (Lipinski definition) is 3. The first kappa shape index (κ1) is 11.4. The molecular weight excluding hydrogens is 209 g/mol. The van der Waals surface area contributed by atoms with E-state index in [0.717, 1.165) is 12.8 Å². The fourth-order valence-corrected chi connectivity index (χ4v) is 1.96. The number of nitrogens with two attached hydrogens (primary N) is 1. The standard InChI is InChI=1S/C12H16FNO2/c1-16-10-3-2-8(6-9(10)13)11(14)12(7-15)4-5-12/h2-3,6,11,15H,4-5,7,14H2,1H3. The third-order valence-corrected chi connectivity index (χ3v) is 3.40. The molecular formula is C12H16FNO2. The topological polar surface area (TPSA) is 55.5 Å². The van der Waals surface area contributed by atoms with Crippen LogP contribution in [0.5, 0.6) is 5.75 Å². The van der Waals surface area contributed by atoms with E-state index in [1.165, 1.54) is 13.2 Å². The van der Waals surface area contributed by atoms with Gasteiger partial charge in [-0.05, 0) is 30.5 Å². The van der Waals surface area contributed by atoms with Crippen LogP contribution >= 0.6 is 0 Å². The van der Waals surface area contributed by atoms with Gasteiger partial charge < -0.3 is 15.6 Å². The van der Waals surface area contributed by atoms with Gasteiger partial charge in [-0.3, -0.25) is 0 Å². The van der Waals surface area contributed by atoms with Gasteiger partial charge in [-0.25, -0.2) is 4.39 Å². The van der Waals surface area contributed by atoms with Crippen molar-refractivity contribution in [1.82, 2.24) is 0 Å². The third-order valence-electron chi connectivity index (χ3n) is 3.40. The van der Waals surface area contributed by atoms with Crippen molar-refractivity contribution in [1.29, 1.82) is 0 Å². The highest BCUT2D eigenvalue weighted by atomic mass is 19.1. The summed E-state index contributed by atoms with van der Waals surface area (Å²) in [6.45, 7) is 0.0574. The molecule has 0 amide bonds. The van der Waals surface area contributed by atoms with Gasteiger partial charge in [-0.2, -0.15) is 0 Å². The molecule has 4 heteroatoms. The fraction of sp³-hybridized carbons (Fsp3) is 0.500. The molecule has 88 valence electrons. The minimum absolute atomic E-state index is 0.0574. The minimum atomic E-state index is -0.413. The van der Waals surface area contributed by atoms with E-state index in [0.29, 0.717) is 5.56 Å². The third kappa shape index (κ3) is 1.79. The summed E-state index contributed by atoms with van der Waals surface area (Å²) in [6, 6.07) is 4.40. The quantitative estimate of drug-likeness (QED) is 0.818. The van der Waals surface area contributed by atoms with E-state index in [1.807, 2.05) is 0 Å². The van der Waals surface area contributed by atoms with E-state index in [2.05, 4.69) is 0 Å². The monoisotopic (exact) mass is 225 g/mol. The Hall–Kier alpha value is -1.13. The summed E-state index contributed by atoms with van der Waals surface area (Å²) < 4.78 is 18.3. The summed E-state index contributed by atoms with van der Waals surface area (Å²) in [7, 11) is 1.42. The molecule has 0 aromatic heterocycles. The van der Waals surface area contributed by atoms with E-state index in [1.54, 1.807) is 12.1 Å². The molecule has 0 aliphatic heterocycles. The molecule has 16 heavy (non-hydrogen) atoms. The number of hydrogen-bond donors (Lipinski definition) is 2. The molecule has 1 unspecified atom stereocenters. The second-order valence-corrected chi connectivity index (χ2v) is 4.39. The number of halogens is 1. The van der Waals surface area contributed by atoms with Crippen LogP contribution in [0.25, 0.3) is 0 Å². The normalized spacial score (nSPS) is 19.2. The summed E-state index contributed by atoms with van der Waals surface area (Å²) >= 11 is 0. The van der Waals surface area contributed by atoms with Crippen molar-refractivity contribution < 1.29 is 14.2 Å². The average molecular weight is 225 g/mol. The van der Waals surface area contributed by atoms with Crippen molar-refractivity contribution in [3.63, 3.8) is 0 Å². The zero-order valence-electron chi connectivity index (χ0n) is 9.24. The predicted octanol–water partition coefficient (Wildman–Crippen LogP) is 1.61. The molecule has 1 fully saturated rings. The summed E-state index contributed by atoms with van der Waals surface area (Å²) in [4.78, 5) is 0. The summed E-state index contributed by atoms with van der Waals surface area (Å²) in [5.74, 6) is -0.200. The molecule has 1 aliphatic carbocycles. The van der Waals surface area contributed by atoms with Crippen LogP contribution in [0, 0.1) is 11.2 Å². The van der Waals surface area contributed by atoms with E-state index < -0.39 is 5.82 Å². The second-order valence-electron chi connectivity index (χ2n) is 4.39. The molecule has 0 radical (unpaired) electrons. The maximum absolute atomic E-state index is 13.5. The van der Waals surface area contributed by atoms with E-state index >= 15 is 0 Å². The summed E-state index contributed by atoms with van der Waals surface area (Å²) in [5, 5.41) is 9.26. The minimum Gasteiger partial charge on any atom is -0.494 e. The number of ether oxygens (including phenoxy) is 1. The van der Waals surface area contributed by atoms with Crippen molar-refractivity contribution in [2.24, 2.45) is 11.1 Å². The predicted molar refractivity (Wildman–Crippen MR) is 58.6 cm³/mol. The van der Waals surface area contributed by atoms with Gasteiger partial charge in [-0.15, -0.1) is 0 Å². The lowest BCUT2D eigenvalue weighted by Crippen LogP contribution is -2.25. The SMILES string of the molecule is COc1ccc(C(N)C2(CO)CC2)cc1F. The van der Waals surface area contributed by atoms with Crippen LogP contribution in [0.1, 0.15) is 24.4 Å². The van der Waals surface area contributed by atoms with Gasteiger partial charge in [0.15, 0.2) is 11.6 Å². The van der Waals surface area contributed by atoms with Crippen LogP contribution in [0.4, 0.5) is 4.39 Å². The smallest absolute Gasteiger partial charge is 0.165 e. The van der Waals surface area contributed by atoms with Crippen LogP contribution in [-0.4, -0.2) is 18.8 Å². The lowest BCUT2D eigenvalue weighted by Gasteiger charge is -2.21. The number of methoxy groups -OCH3 is 1. The first-order valence-corrected chi connectivity index (χ1v) is 5.33. The van der Waals surface area contributed by atoms with Gasteiger partial charge in [0.05, 0.1) is 13.7 Å². The number of rotatable bonds is 4. The number of aliphatic hydroxyl groups is 1. The van der Waals surface area contributed by atoms with Crippen LogP contribution in [-0.2, 0) is 0 Å². The van der Waals surface area contributed by atoms with Gasteiger partial charge in [0, 0.05) is 11.5 Å². The maximum atomic E-state index is 13.5. The number of benzene rings is 1. The van der Waals surface area contributed by atoms with Crippen molar-refractivity contribution in [3.05, 3.63) is 29.6 Å². The Kier molecular flexibility index (Phi) is 2.86. The van der Waals surface area contributed by atoms with Gasteiger partial charge in [0.2, 0.25) is 0 Å². The zero-order valence-corrected chi connectivity index (χ0v) is 9.24. The molecule has 0 spiro atoms. The Morgan fingerprint density at radius 3 is 2.69 bits per heavy atom. The average Bonchev–Trinajstić information content (AvgIpc) is 3.09. The summed E-state index contributed by atoms with van der Waals surface area (Å²) in [5.41, 5.74) is 6.52. The molecule has 1 aliphatic rings. The highest BCUT2D eigenvalue weighted by molar-refractivity contribution is 5.32. The van der Waals surface area contributed by atoms with E-state index in [9.17, 15) is 9.50 Å². The van der Waals surface area contributed by atoms with Crippen molar-refractivity contribution in [3.8, 4) is 5.75 Å². The lowest BCUT2D eigenvalue weighted by atomic mass is 9.91. The van der Waals surface area contributed by atoms with Gasteiger partial charge in [-0.1, -0.05) is 6.07 Å². The van der Waals surface area contributed by atoms with Crippen LogP contribution < -0.4 is 10.5 Å². The Morgan fingerprint density at radius 1 is 1.56 bits per heavy atom. The molecule has 0 bridgehead atoms. The summed E-state index contributed by atoms with van der Waals surface area (Å²) in [6.07, 6.45) is 1.80. The molecule has 0 heterocycles. The molecule has 1 aromatic carbocycles. The Morgan fingerprint density at radius 2 is 2.25 bits per heavy atom. The van der Waals surface area contributed by atoms with E-state index in [4.69, 9.17) is 10.5 Å². The van der Waals surface area contributed by atoms with Gasteiger partial charge in [0.1, 0.15) is 0 Å². The highest BCUT2D eigenvalue weighted by Gasteiger charge is 2.47. The molecule has 2 rings (SSSR count). The second kappa shape index (κ2) is 4.03. The van der Waals surface area contributed by atoms with E-state index in [-0.39, 0.29) is 23.8 Å². The first-order chi connectivity index (χ1) is 7.63. The van der Waals surface area contributed by atoms with Gasteiger partial charge in [0.25, 0.3) is 0 Å². The first-order valence-electron chi connectivity index (χ1n) is 5.33. The molecule has 1 aromatic rings. The van der Waals surface area contributed by atoms with Crippen LogP contribution in [0.15, 0.2) is 18.2 Å². The fourth-order valence-electron chi connectivity index (χ4n) is 1.96. The zero-order chi connectivity index (χ0) is 11.8. The molecule has 1 atom stereocenters. The Bertz CT molecular complexity index is 391. The molecule has 3 nitrogen and oxygen atoms in total. The Labute approximate surface area is 94.0 Å². The van der Waals surface area contributed by atoms with Crippen molar-refractivity contribution in [2.75, 3.05) is 13.7 Å². The molecule has 3 N–H and O–H groups in total. The van der Waals surface area contributed by atoms with Crippen LogP contribution in [0.2, 0.25) is 0 Å². The van der Waals surface area contributed by atoms with Crippen LogP contribution in [0.3, 0.4) is 0 Å². The highest BCUT2D eigenvalue weighted by Crippen LogP contribution is 2.53. The lowest BCUT2D eigenvalue weighted by molar-refractivity contribution is 0.187. The molecule has 0 saturated heterocycles. The van der Waals surface area contributed by atoms with Crippen molar-refractivity contribution >= 4 is 0 Å². The Balaban J connectivity index is 2.24. The largest absolute Gasteiger partial charge is 0.494 e. The van der Waals surface area contributed by atoms with Crippen molar-refractivity contribution in [2.45, 2.75) is 18.9 Å². The number of aliphatic hydroxyl groups excluding tert-OH is 1. The van der Waals surface area contributed by atoms with Gasteiger partial charge >= 0.3 is 0 Å².